The summed E-state index contributed by atoms with van der Waals surface area (Å²) in [6.07, 6.45) is 39.2. The second-order valence-corrected chi connectivity index (χ2v) is 16.5. The maximum absolute atomic E-state index is 12.8. The lowest BCUT2D eigenvalue weighted by Gasteiger charge is -2.27. The summed E-state index contributed by atoms with van der Waals surface area (Å²) in [7, 11) is -0.572. The van der Waals surface area contributed by atoms with E-state index in [4.69, 9.17) is 15.5 Å². The molecule has 0 fully saturated rings. The van der Waals surface area contributed by atoms with Gasteiger partial charge in [-0.25, -0.2) is 4.57 Å². The zero-order valence-electron chi connectivity index (χ0n) is 33.0. The number of hydrogen-bond donors (Lipinski definition) is 3. The number of terminal acetylenes is 1. The van der Waals surface area contributed by atoms with E-state index in [1.54, 1.807) is 6.08 Å². The quantitative estimate of drug-likeness (QED) is 0.0193. The van der Waals surface area contributed by atoms with Gasteiger partial charge in [-0.2, -0.15) is 0 Å². The summed E-state index contributed by atoms with van der Waals surface area (Å²) >= 11 is 0. The largest absolute Gasteiger partial charge is 0.472 e. The Morgan fingerprint density at radius 2 is 1.20 bits per heavy atom. The van der Waals surface area contributed by atoms with Crippen molar-refractivity contribution in [3.8, 4) is 12.3 Å². The van der Waals surface area contributed by atoms with Crippen LogP contribution in [0.1, 0.15) is 181 Å². The number of quaternary nitrogens is 1. The lowest BCUT2D eigenvalue weighted by Crippen LogP contribution is -2.45. The Labute approximate surface area is 309 Å². The van der Waals surface area contributed by atoms with Crippen molar-refractivity contribution in [2.45, 2.75) is 193 Å². The molecule has 0 radical (unpaired) electrons. The third-order valence-electron chi connectivity index (χ3n) is 9.46. The third kappa shape index (κ3) is 32.7. The van der Waals surface area contributed by atoms with Gasteiger partial charge in [0.05, 0.1) is 32.8 Å². The monoisotopic (exact) mass is 728 g/mol. The molecule has 1 amide bonds. The molecule has 9 heteroatoms. The molecule has 0 rings (SSSR count). The van der Waals surface area contributed by atoms with E-state index in [9.17, 15) is 19.4 Å². The molecule has 294 valence electrons. The van der Waals surface area contributed by atoms with Crippen LogP contribution in [-0.2, 0) is 18.4 Å². The van der Waals surface area contributed by atoms with Crippen molar-refractivity contribution in [2.75, 3.05) is 40.4 Å². The van der Waals surface area contributed by atoms with Crippen LogP contribution in [0.3, 0.4) is 0 Å². The molecule has 0 spiro atoms. The minimum atomic E-state index is -4.39. The number of rotatable bonds is 37. The number of carbonyl (C=O) groups is 1. The summed E-state index contributed by atoms with van der Waals surface area (Å²) < 4.78 is 23.5. The highest BCUT2D eigenvalue weighted by Gasteiger charge is 2.28. The molecule has 0 heterocycles. The van der Waals surface area contributed by atoms with Gasteiger partial charge in [0.2, 0.25) is 5.91 Å². The minimum absolute atomic E-state index is 0.0139. The van der Waals surface area contributed by atoms with Gasteiger partial charge in [-0.05, 0) is 25.2 Å². The maximum Gasteiger partial charge on any atom is 0.472 e. The number of aliphatic hydroxyl groups excluding tert-OH is 1. The first-order valence-electron chi connectivity index (χ1n) is 20.6. The van der Waals surface area contributed by atoms with Crippen molar-refractivity contribution in [2.24, 2.45) is 0 Å². The second kappa shape index (κ2) is 33.6. The van der Waals surface area contributed by atoms with Gasteiger partial charge < -0.3 is 19.8 Å². The Balaban J connectivity index is 4.61. The van der Waals surface area contributed by atoms with E-state index in [2.05, 4.69) is 25.1 Å². The molecule has 3 atom stereocenters. The molecule has 0 aromatic heterocycles. The molecule has 3 N–H and O–H groups in total. The van der Waals surface area contributed by atoms with Gasteiger partial charge in [-0.15, -0.1) is 6.42 Å². The molecular formula is C41H80N2O6P+. The SMILES string of the molecule is C#CC[N+](C)(C)CCOP(=O)(O)OC[C@H](NC(=O)CCCCCCCCCCCCCCC)[C@H](O)/C=C/CCCCCCCCCCCCC. The van der Waals surface area contributed by atoms with E-state index < -0.39 is 20.0 Å². The average Bonchev–Trinajstić information content (AvgIpc) is 3.07. The fourth-order valence-corrected chi connectivity index (χ4v) is 6.78. The molecule has 0 aromatic rings. The fraction of sp³-hybridized carbons (Fsp3) is 0.878. The Kier molecular flexibility index (Phi) is 32.8. The van der Waals surface area contributed by atoms with Crippen LogP contribution < -0.4 is 5.32 Å². The van der Waals surface area contributed by atoms with Crippen LogP contribution in [0.5, 0.6) is 0 Å². The number of phosphoric ester groups is 1. The second-order valence-electron chi connectivity index (χ2n) is 15.0. The number of aliphatic hydroxyl groups is 1. The number of amides is 1. The van der Waals surface area contributed by atoms with Crippen molar-refractivity contribution in [3.05, 3.63) is 12.2 Å². The van der Waals surface area contributed by atoms with E-state index in [0.29, 0.717) is 24.0 Å². The zero-order chi connectivity index (χ0) is 37.2. The van der Waals surface area contributed by atoms with Gasteiger partial charge in [0, 0.05) is 6.42 Å². The Bertz CT molecular complexity index is 906. The first-order valence-corrected chi connectivity index (χ1v) is 22.1. The summed E-state index contributed by atoms with van der Waals surface area (Å²) in [5, 5.41) is 13.8. The molecule has 1 unspecified atom stereocenters. The standard InChI is InChI=1S/C41H79N2O6P/c1-6-9-11-13-15-17-19-21-23-25-27-29-31-33-40(44)39(38-49-50(46,47)48-37-36-43(4,5)35-8-3)42-41(45)34-32-30-28-26-24-22-20-18-16-14-12-10-7-2/h3,31,33,39-40,44H,6-7,9-30,32,34-38H2,1-2,4-5H3,(H-,42,45,46,47)/p+1/b33-31+/t39-,40+/m0/s1. The molecule has 0 aliphatic rings. The van der Waals surface area contributed by atoms with Gasteiger partial charge in [-0.3, -0.25) is 13.8 Å². The number of unbranched alkanes of at least 4 members (excludes halogenated alkanes) is 23. The fourth-order valence-electron chi connectivity index (χ4n) is 6.05. The van der Waals surface area contributed by atoms with Crippen molar-refractivity contribution in [3.63, 3.8) is 0 Å². The van der Waals surface area contributed by atoms with E-state index in [0.717, 1.165) is 38.5 Å². The van der Waals surface area contributed by atoms with E-state index in [-0.39, 0.29) is 19.1 Å². The van der Waals surface area contributed by atoms with Crippen molar-refractivity contribution in [1.82, 2.24) is 5.32 Å². The van der Waals surface area contributed by atoms with Crippen LogP contribution in [0.2, 0.25) is 0 Å². The molecular weight excluding hydrogens is 647 g/mol. The number of carbonyl (C=O) groups excluding carboxylic acids is 1. The first kappa shape index (κ1) is 48.8. The predicted octanol–water partition coefficient (Wildman–Crippen LogP) is 10.4. The van der Waals surface area contributed by atoms with Gasteiger partial charge >= 0.3 is 7.82 Å². The Morgan fingerprint density at radius 3 is 1.66 bits per heavy atom. The summed E-state index contributed by atoms with van der Waals surface area (Å²) in [5.41, 5.74) is 0. The highest BCUT2D eigenvalue weighted by Crippen LogP contribution is 2.43. The van der Waals surface area contributed by atoms with Crippen LogP contribution in [0.15, 0.2) is 12.2 Å². The van der Waals surface area contributed by atoms with Crippen LogP contribution in [0.4, 0.5) is 0 Å². The van der Waals surface area contributed by atoms with Gasteiger partial charge in [0.15, 0.2) is 0 Å². The number of allylic oxidation sites excluding steroid dienone is 1. The van der Waals surface area contributed by atoms with Crippen molar-refractivity contribution < 1.29 is 32.9 Å². The van der Waals surface area contributed by atoms with E-state index in [1.165, 1.54) is 122 Å². The smallest absolute Gasteiger partial charge is 0.387 e. The van der Waals surface area contributed by atoms with Crippen LogP contribution in [0, 0.1) is 12.3 Å². The van der Waals surface area contributed by atoms with Gasteiger partial charge in [-0.1, -0.05) is 167 Å². The molecule has 0 saturated carbocycles. The highest BCUT2D eigenvalue weighted by atomic mass is 31.2. The molecule has 50 heavy (non-hydrogen) atoms. The molecule has 0 aromatic carbocycles. The molecule has 0 bridgehead atoms. The summed E-state index contributed by atoms with van der Waals surface area (Å²) in [5.74, 6) is 2.40. The molecule has 0 aliphatic heterocycles. The van der Waals surface area contributed by atoms with E-state index >= 15 is 0 Å². The Hall–Kier alpha value is -1.20. The highest BCUT2D eigenvalue weighted by molar-refractivity contribution is 7.47. The maximum atomic E-state index is 12.8. The predicted molar refractivity (Wildman–Crippen MR) is 211 cm³/mol. The number of likely N-dealkylation sites (N-methyl/N-ethyl adjacent to an activating group) is 1. The lowest BCUT2D eigenvalue weighted by atomic mass is 10.0. The van der Waals surface area contributed by atoms with Crippen molar-refractivity contribution >= 4 is 13.7 Å². The van der Waals surface area contributed by atoms with Crippen LogP contribution in [0.25, 0.3) is 0 Å². The summed E-state index contributed by atoms with van der Waals surface area (Å²) in [6.45, 7) is 5.04. The first-order chi connectivity index (χ1) is 24.1. The molecule has 0 aliphatic carbocycles. The number of phosphoric acid groups is 1. The average molecular weight is 728 g/mol. The minimum Gasteiger partial charge on any atom is -0.387 e. The summed E-state index contributed by atoms with van der Waals surface area (Å²) in [6, 6.07) is -0.865. The topological polar surface area (TPSA) is 105 Å². The number of nitrogens with zero attached hydrogens (tertiary/aromatic N) is 1. The number of hydrogen-bond acceptors (Lipinski definition) is 5. The van der Waals surface area contributed by atoms with Gasteiger partial charge in [0.25, 0.3) is 0 Å². The Morgan fingerprint density at radius 1 is 0.760 bits per heavy atom. The molecule has 8 nitrogen and oxygen atoms in total. The lowest BCUT2D eigenvalue weighted by molar-refractivity contribution is -0.883. The van der Waals surface area contributed by atoms with E-state index in [1.807, 2.05) is 20.2 Å². The van der Waals surface area contributed by atoms with Gasteiger partial charge in [0.1, 0.15) is 19.7 Å². The van der Waals surface area contributed by atoms with Crippen LogP contribution >= 0.6 is 7.82 Å². The number of nitrogens with one attached hydrogen (secondary N) is 1. The third-order valence-corrected chi connectivity index (χ3v) is 10.4. The summed E-state index contributed by atoms with van der Waals surface area (Å²) in [4.78, 5) is 23.1. The molecule has 0 saturated heterocycles. The normalized spacial score (nSPS) is 14.4. The van der Waals surface area contributed by atoms with Crippen molar-refractivity contribution in [1.29, 1.82) is 0 Å². The van der Waals surface area contributed by atoms with Crippen LogP contribution in [-0.4, -0.2) is 72.9 Å². The zero-order valence-corrected chi connectivity index (χ0v) is 33.9.